The summed E-state index contributed by atoms with van der Waals surface area (Å²) in [5, 5.41) is 17.9. The first-order chi connectivity index (χ1) is 10.5. The lowest BCUT2D eigenvalue weighted by Crippen LogP contribution is -2.08. The summed E-state index contributed by atoms with van der Waals surface area (Å²) in [6.07, 6.45) is 1.71. The highest BCUT2D eigenvalue weighted by atomic mass is 16.5. The molecule has 2 aromatic rings. The second-order valence-corrected chi connectivity index (χ2v) is 4.42. The zero-order chi connectivity index (χ0) is 16.1. The van der Waals surface area contributed by atoms with Gasteiger partial charge in [0.1, 0.15) is 12.4 Å². The molecule has 22 heavy (non-hydrogen) atoms. The first-order valence-electron chi connectivity index (χ1n) is 6.32. The fourth-order valence-electron chi connectivity index (χ4n) is 1.72. The number of hydrogen-bond donors (Lipinski definition) is 2. The van der Waals surface area contributed by atoms with Gasteiger partial charge in [-0.25, -0.2) is 14.6 Å². The number of carboxylic acids is 2. The Morgan fingerprint density at radius 2 is 1.64 bits per heavy atom. The van der Waals surface area contributed by atoms with Gasteiger partial charge in [-0.15, -0.1) is 0 Å². The van der Waals surface area contributed by atoms with Crippen LogP contribution in [0.5, 0.6) is 5.75 Å². The summed E-state index contributed by atoms with van der Waals surface area (Å²) in [6, 6.07) is 9.79. The van der Waals surface area contributed by atoms with Gasteiger partial charge in [-0.1, -0.05) is 36.9 Å². The van der Waals surface area contributed by atoms with Crippen LogP contribution in [-0.2, 0) is 6.61 Å². The van der Waals surface area contributed by atoms with Crippen molar-refractivity contribution in [1.82, 2.24) is 4.98 Å². The molecule has 0 spiro atoms. The molecule has 0 aliphatic rings. The number of hydrogen-bond acceptors (Lipinski definition) is 4. The molecule has 0 unspecified atom stereocenters. The SMILES string of the molecule is C=Cc1ccc(COc2cc(C(=O)O)nc(C(=O)O)c2)cc1. The summed E-state index contributed by atoms with van der Waals surface area (Å²) in [4.78, 5) is 25.4. The van der Waals surface area contributed by atoms with Crippen molar-refractivity contribution in [3.8, 4) is 5.75 Å². The normalized spacial score (nSPS) is 10.0. The second kappa shape index (κ2) is 6.53. The van der Waals surface area contributed by atoms with E-state index in [4.69, 9.17) is 14.9 Å². The average molecular weight is 299 g/mol. The molecule has 0 radical (unpaired) electrons. The van der Waals surface area contributed by atoms with Crippen molar-refractivity contribution in [1.29, 1.82) is 0 Å². The lowest BCUT2D eigenvalue weighted by atomic mass is 10.1. The lowest BCUT2D eigenvalue weighted by Gasteiger charge is -2.08. The molecule has 2 rings (SSSR count). The van der Waals surface area contributed by atoms with E-state index in [-0.39, 0.29) is 23.7 Å². The predicted molar refractivity (Wildman–Crippen MR) is 79.0 cm³/mol. The number of benzene rings is 1. The highest BCUT2D eigenvalue weighted by Crippen LogP contribution is 2.17. The minimum Gasteiger partial charge on any atom is -0.489 e. The molecule has 1 aromatic heterocycles. The largest absolute Gasteiger partial charge is 0.489 e. The third-order valence-electron chi connectivity index (χ3n) is 2.86. The second-order valence-electron chi connectivity index (χ2n) is 4.42. The van der Waals surface area contributed by atoms with Crippen LogP contribution in [0.3, 0.4) is 0 Å². The standard InChI is InChI=1S/C16H13NO5/c1-2-10-3-5-11(6-4-10)9-22-12-7-13(15(18)19)17-14(8-12)16(20)21/h2-8H,1,9H2,(H,18,19)(H,20,21). The zero-order valence-corrected chi connectivity index (χ0v) is 11.5. The summed E-state index contributed by atoms with van der Waals surface area (Å²) in [5.74, 6) is -2.50. The van der Waals surface area contributed by atoms with Crippen molar-refractivity contribution in [2.45, 2.75) is 6.61 Å². The summed E-state index contributed by atoms with van der Waals surface area (Å²) in [6.45, 7) is 3.84. The van der Waals surface area contributed by atoms with E-state index in [0.717, 1.165) is 11.1 Å². The molecule has 0 amide bonds. The maximum Gasteiger partial charge on any atom is 0.354 e. The Labute approximate surface area is 126 Å². The Morgan fingerprint density at radius 1 is 1.09 bits per heavy atom. The first kappa shape index (κ1) is 15.2. The van der Waals surface area contributed by atoms with Crippen LogP contribution in [0.15, 0.2) is 43.0 Å². The van der Waals surface area contributed by atoms with Crippen molar-refractivity contribution >= 4 is 18.0 Å². The molecule has 1 aromatic carbocycles. The fourth-order valence-corrected chi connectivity index (χ4v) is 1.72. The van der Waals surface area contributed by atoms with Gasteiger partial charge in [-0.05, 0) is 11.1 Å². The number of nitrogens with zero attached hydrogens (tertiary/aromatic N) is 1. The van der Waals surface area contributed by atoms with E-state index < -0.39 is 11.9 Å². The molecular weight excluding hydrogens is 286 g/mol. The quantitative estimate of drug-likeness (QED) is 0.851. The van der Waals surface area contributed by atoms with Gasteiger partial charge >= 0.3 is 11.9 Å². The van der Waals surface area contributed by atoms with Crippen molar-refractivity contribution in [2.75, 3.05) is 0 Å². The Bertz CT molecular complexity index is 690. The molecule has 0 saturated heterocycles. The van der Waals surface area contributed by atoms with Crippen molar-refractivity contribution in [3.63, 3.8) is 0 Å². The van der Waals surface area contributed by atoms with Gasteiger partial charge in [0.25, 0.3) is 0 Å². The van der Waals surface area contributed by atoms with E-state index in [2.05, 4.69) is 11.6 Å². The molecule has 0 fully saturated rings. The maximum atomic E-state index is 11.0. The molecule has 0 bridgehead atoms. The van der Waals surface area contributed by atoms with E-state index >= 15 is 0 Å². The minimum atomic E-state index is -1.32. The molecular formula is C16H13NO5. The monoisotopic (exact) mass is 299 g/mol. The molecule has 6 heteroatoms. The molecule has 0 atom stereocenters. The van der Waals surface area contributed by atoms with Gasteiger partial charge < -0.3 is 14.9 Å². The van der Waals surface area contributed by atoms with Crippen LogP contribution in [0.25, 0.3) is 6.08 Å². The van der Waals surface area contributed by atoms with Crippen molar-refractivity contribution < 1.29 is 24.5 Å². The summed E-state index contributed by atoms with van der Waals surface area (Å²) < 4.78 is 5.45. The average Bonchev–Trinajstić information content (AvgIpc) is 2.53. The van der Waals surface area contributed by atoms with E-state index in [9.17, 15) is 9.59 Å². The minimum absolute atomic E-state index is 0.137. The third kappa shape index (κ3) is 3.69. The van der Waals surface area contributed by atoms with Crippen LogP contribution in [0.1, 0.15) is 32.1 Å². The molecule has 112 valence electrons. The summed E-state index contributed by atoms with van der Waals surface area (Å²) >= 11 is 0. The summed E-state index contributed by atoms with van der Waals surface area (Å²) in [7, 11) is 0. The van der Waals surface area contributed by atoms with Crippen LogP contribution >= 0.6 is 0 Å². The van der Waals surface area contributed by atoms with E-state index in [1.165, 1.54) is 12.1 Å². The number of carboxylic acid groups (broad SMARTS) is 2. The zero-order valence-electron chi connectivity index (χ0n) is 11.5. The summed E-state index contributed by atoms with van der Waals surface area (Å²) in [5.41, 5.74) is 1.07. The predicted octanol–water partition coefficient (Wildman–Crippen LogP) is 2.70. The van der Waals surface area contributed by atoms with Crippen LogP contribution in [0.4, 0.5) is 0 Å². The first-order valence-corrected chi connectivity index (χ1v) is 6.32. The van der Waals surface area contributed by atoms with Gasteiger partial charge in [-0.2, -0.15) is 0 Å². The number of aromatic nitrogens is 1. The van der Waals surface area contributed by atoms with Crippen molar-refractivity contribution in [2.24, 2.45) is 0 Å². The Kier molecular flexibility index (Phi) is 4.53. The number of rotatable bonds is 6. The van der Waals surface area contributed by atoms with Gasteiger partial charge in [0.2, 0.25) is 0 Å². The number of carbonyl (C=O) groups is 2. The number of aromatic carboxylic acids is 2. The topological polar surface area (TPSA) is 96.7 Å². The third-order valence-corrected chi connectivity index (χ3v) is 2.86. The molecule has 0 aliphatic carbocycles. The van der Waals surface area contributed by atoms with Gasteiger partial charge in [0.05, 0.1) is 0 Å². The van der Waals surface area contributed by atoms with Crippen LogP contribution in [0.2, 0.25) is 0 Å². The molecule has 0 aliphatic heterocycles. The number of pyridine rings is 1. The van der Waals surface area contributed by atoms with Crippen LogP contribution in [0, 0.1) is 0 Å². The van der Waals surface area contributed by atoms with E-state index in [1.54, 1.807) is 6.08 Å². The molecule has 0 saturated carbocycles. The highest BCUT2D eigenvalue weighted by Gasteiger charge is 2.14. The fraction of sp³-hybridized carbons (Fsp3) is 0.0625. The van der Waals surface area contributed by atoms with Gasteiger partial charge in [-0.3, -0.25) is 0 Å². The Hall–Kier alpha value is -3.15. The maximum absolute atomic E-state index is 11.0. The molecule has 2 N–H and O–H groups in total. The molecule has 6 nitrogen and oxygen atoms in total. The molecule has 1 heterocycles. The Morgan fingerprint density at radius 3 is 2.09 bits per heavy atom. The number of ether oxygens (including phenoxy) is 1. The van der Waals surface area contributed by atoms with Gasteiger partial charge in [0.15, 0.2) is 11.4 Å². The van der Waals surface area contributed by atoms with E-state index in [1.807, 2.05) is 24.3 Å². The highest BCUT2D eigenvalue weighted by molar-refractivity contribution is 5.90. The van der Waals surface area contributed by atoms with Crippen LogP contribution < -0.4 is 4.74 Å². The van der Waals surface area contributed by atoms with Gasteiger partial charge in [0, 0.05) is 12.1 Å². The van der Waals surface area contributed by atoms with E-state index in [0.29, 0.717) is 0 Å². The van der Waals surface area contributed by atoms with Crippen LogP contribution in [-0.4, -0.2) is 27.1 Å². The Balaban J connectivity index is 2.18. The van der Waals surface area contributed by atoms with Crippen molar-refractivity contribution in [3.05, 3.63) is 65.5 Å². The smallest absolute Gasteiger partial charge is 0.354 e. The lowest BCUT2D eigenvalue weighted by molar-refractivity contribution is 0.0684.